The van der Waals surface area contributed by atoms with Gasteiger partial charge in [-0.2, -0.15) is 9.97 Å². The lowest BCUT2D eigenvalue weighted by molar-refractivity contribution is -0.112. The summed E-state index contributed by atoms with van der Waals surface area (Å²) in [6, 6.07) is 0. The van der Waals surface area contributed by atoms with Gasteiger partial charge in [-0.15, -0.1) is 0 Å². The molecule has 0 spiro atoms. The summed E-state index contributed by atoms with van der Waals surface area (Å²) in [4.78, 5) is 13.7. The Labute approximate surface area is 127 Å². The van der Waals surface area contributed by atoms with Gasteiger partial charge >= 0.3 is 0 Å². The summed E-state index contributed by atoms with van der Waals surface area (Å²) >= 11 is 0. The van der Waals surface area contributed by atoms with Crippen LogP contribution in [0.15, 0.2) is 0 Å². The van der Waals surface area contributed by atoms with E-state index in [0.717, 1.165) is 24.0 Å². The number of aryl methyl sites for hydroxylation is 1. The normalized spacial score (nSPS) is 44.2. The maximum atomic E-state index is 5.96. The molecule has 1 aromatic heterocycles. The minimum Gasteiger partial charge on any atom is -0.368 e. The van der Waals surface area contributed by atoms with E-state index in [4.69, 9.17) is 10.7 Å². The Kier molecular flexibility index (Phi) is 2.54. The summed E-state index contributed by atoms with van der Waals surface area (Å²) in [7, 11) is 0. The van der Waals surface area contributed by atoms with Crippen molar-refractivity contribution in [3.8, 4) is 0 Å². The Morgan fingerprint density at radius 3 is 2.24 bits per heavy atom. The fourth-order valence-electron chi connectivity index (χ4n) is 6.53. The predicted octanol–water partition coefficient (Wildman–Crippen LogP) is 3.26. The van der Waals surface area contributed by atoms with Crippen LogP contribution in [0.2, 0.25) is 0 Å². The molecule has 2 unspecified atom stereocenters. The van der Waals surface area contributed by atoms with E-state index in [1.165, 1.54) is 38.5 Å². The van der Waals surface area contributed by atoms with Crippen molar-refractivity contribution in [1.82, 2.24) is 15.0 Å². The number of hydrogen-bond acceptors (Lipinski definition) is 4. The molecule has 0 radical (unpaired) electrons. The molecule has 0 aromatic carbocycles. The lowest BCUT2D eigenvalue weighted by Gasteiger charge is -2.64. The molecule has 4 fully saturated rings. The molecule has 4 aliphatic rings. The van der Waals surface area contributed by atoms with E-state index in [0.29, 0.717) is 16.8 Å². The Bertz CT molecular complexity index is 578. The summed E-state index contributed by atoms with van der Waals surface area (Å²) in [5.41, 5.74) is 7.06. The van der Waals surface area contributed by atoms with Gasteiger partial charge in [-0.1, -0.05) is 20.8 Å². The van der Waals surface area contributed by atoms with Crippen LogP contribution in [-0.2, 0) is 11.8 Å². The second kappa shape index (κ2) is 3.96. The first-order valence-corrected chi connectivity index (χ1v) is 8.35. The number of hydrogen-bond donors (Lipinski definition) is 1. The molecule has 0 aliphatic heterocycles. The molecule has 2 atom stereocenters. The van der Waals surface area contributed by atoms with Crippen molar-refractivity contribution in [3.63, 3.8) is 0 Å². The first kappa shape index (κ1) is 13.5. The third-order valence-corrected chi connectivity index (χ3v) is 6.12. The smallest absolute Gasteiger partial charge is 0.223 e. The first-order valence-electron chi connectivity index (χ1n) is 8.35. The maximum absolute atomic E-state index is 5.96. The number of anilines is 1. The van der Waals surface area contributed by atoms with Crippen molar-refractivity contribution in [3.05, 3.63) is 11.6 Å². The molecule has 5 rings (SSSR count). The molecule has 4 nitrogen and oxygen atoms in total. The number of aromatic nitrogens is 3. The van der Waals surface area contributed by atoms with Crippen LogP contribution in [0.5, 0.6) is 0 Å². The number of rotatable bonds is 2. The lowest BCUT2D eigenvalue weighted by Crippen LogP contribution is -2.57. The average Bonchev–Trinajstić information content (AvgIpc) is 2.33. The zero-order valence-corrected chi connectivity index (χ0v) is 13.4. The van der Waals surface area contributed by atoms with Crippen molar-refractivity contribution in [2.24, 2.45) is 16.7 Å². The molecule has 0 amide bonds. The van der Waals surface area contributed by atoms with E-state index in [9.17, 15) is 0 Å². The van der Waals surface area contributed by atoms with Crippen LogP contribution in [0, 0.1) is 16.7 Å². The Balaban J connectivity index is 1.82. The van der Waals surface area contributed by atoms with Crippen LogP contribution in [0.1, 0.15) is 70.9 Å². The second-order valence-electron chi connectivity index (χ2n) is 8.70. The van der Waals surface area contributed by atoms with Crippen LogP contribution < -0.4 is 5.73 Å². The van der Waals surface area contributed by atoms with E-state index in [2.05, 4.69) is 30.7 Å². The fraction of sp³-hybridized carbons (Fsp3) is 0.824. The topological polar surface area (TPSA) is 64.7 Å². The van der Waals surface area contributed by atoms with Crippen molar-refractivity contribution in [2.45, 2.75) is 71.1 Å². The number of nitrogen functional groups attached to an aromatic ring is 1. The van der Waals surface area contributed by atoms with Gasteiger partial charge in [0.2, 0.25) is 5.95 Å². The van der Waals surface area contributed by atoms with Gasteiger partial charge in [0.1, 0.15) is 11.6 Å². The summed E-state index contributed by atoms with van der Waals surface area (Å²) in [6.07, 6.45) is 8.71. The summed E-state index contributed by atoms with van der Waals surface area (Å²) < 4.78 is 0. The highest BCUT2D eigenvalue weighted by Crippen LogP contribution is 2.69. The number of nitrogens with two attached hydrogens (primary N) is 1. The minimum absolute atomic E-state index is 0.157. The van der Waals surface area contributed by atoms with Gasteiger partial charge in [-0.3, -0.25) is 0 Å². The molecular weight excluding hydrogens is 260 g/mol. The summed E-state index contributed by atoms with van der Waals surface area (Å²) in [5.74, 6) is 3.10. The van der Waals surface area contributed by atoms with Gasteiger partial charge in [0.05, 0.1) is 0 Å². The van der Waals surface area contributed by atoms with E-state index >= 15 is 0 Å². The molecular formula is C17H26N4. The molecule has 0 saturated heterocycles. The highest BCUT2D eigenvalue weighted by atomic mass is 15.1. The standard InChI is InChI=1S/C17H26N4/c1-4-12-19-13(21-14(18)20-12)17-7-11-5-15(2,9-17)8-16(3,6-11)10-17/h11H,4-10H2,1-3H3,(H2,18,19,20,21). The highest BCUT2D eigenvalue weighted by molar-refractivity contribution is 5.26. The third-order valence-electron chi connectivity index (χ3n) is 6.12. The quantitative estimate of drug-likeness (QED) is 0.906. The van der Waals surface area contributed by atoms with Gasteiger partial charge in [0, 0.05) is 11.8 Å². The van der Waals surface area contributed by atoms with E-state index in [1.54, 1.807) is 0 Å². The monoisotopic (exact) mass is 286 g/mol. The molecule has 4 bridgehead atoms. The minimum atomic E-state index is 0.157. The van der Waals surface area contributed by atoms with Crippen molar-refractivity contribution in [2.75, 3.05) is 5.73 Å². The van der Waals surface area contributed by atoms with Crippen molar-refractivity contribution < 1.29 is 0 Å². The molecule has 1 aromatic rings. The van der Waals surface area contributed by atoms with Gasteiger partial charge in [0.15, 0.2) is 0 Å². The lowest BCUT2D eigenvalue weighted by atomic mass is 9.40. The van der Waals surface area contributed by atoms with Crippen molar-refractivity contribution in [1.29, 1.82) is 0 Å². The summed E-state index contributed by atoms with van der Waals surface area (Å²) in [6.45, 7) is 7.05. The van der Waals surface area contributed by atoms with E-state index in [-0.39, 0.29) is 5.41 Å². The molecule has 1 heterocycles. The van der Waals surface area contributed by atoms with Gasteiger partial charge in [-0.25, -0.2) is 4.98 Å². The van der Waals surface area contributed by atoms with Crippen LogP contribution in [0.25, 0.3) is 0 Å². The Morgan fingerprint density at radius 2 is 1.67 bits per heavy atom. The third kappa shape index (κ3) is 1.98. The molecule has 4 heteroatoms. The zero-order valence-electron chi connectivity index (χ0n) is 13.4. The molecule has 4 aliphatic carbocycles. The maximum Gasteiger partial charge on any atom is 0.223 e. The molecule has 4 saturated carbocycles. The van der Waals surface area contributed by atoms with Crippen LogP contribution in [0.4, 0.5) is 5.95 Å². The zero-order chi connectivity index (χ0) is 14.9. The molecule has 21 heavy (non-hydrogen) atoms. The van der Waals surface area contributed by atoms with Crippen molar-refractivity contribution >= 4 is 5.95 Å². The van der Waals surface area contributed by atoms with Gasteiger partial charge in [0.25, 0.3) is 0 Å². The first-order chi connectivity index (χ1) is 9.84. The fourth-order valence-corrected chi connectivity index (χ4v) is 6.53. The number of nitrogens with zero attached hydrogens (tertiary/aromatic N) is 3. The summed E-state index contributed by atoms with van der Waals surface area (Å²) in [5, 5.41) is 0. The average molecular weight is 286 g/mol. The van der Waals surface area contributed by atoms with E-state index in [1.807, 2.05) is 0 Å². The Morgan fingerprint density at radius 1 is 1.00 bits per heavy atom. The molecule has 114 valence electrons. The van der Waals surface area contributed by atoms with E-state index < -0.39 is 0 Å². The largest absolute Gasteiger partial charge is 0.368 e. The van der Waals surface area contributed by atoms with Gasteiger partial charge in [-0.05, 0) is 55.3 Å². The van der Waals surface area contributed by atoms with Gasteiger partial charge < -0.3 is 5.73 Å². The Hall–Kier alpha value is -1.19. The SMILES string of the molecule is CCc1nc(N)nc(C23CC4CC(C)(CC(C)(C4)C2)C3)n1. The van der Waals surface area contributed by atoms with Crippen LogP contribution in [-0.4, -0.2) is 15.0 Å². The second-order valence-corrected chi connectivity index (χ2v) is 8.70. The highest BCUT2D eigenvalue weighted by Gasteiger charge is 2.61. The van der Waals surface area contributed by atoms with Crippen LogP contribution >= 0.6 is 0 Å². The van der Waals surface area contributed by atoms with Crippen LogP contribution in [0.3, 0.4) is 0 Å². The predicted molar refractivity (Wildman–Crippen MR) is 82.7 cm³/mol. The molecule has 2 N–H and O–H groups in total.